The molecule has 0 bridgehead atoms. The van der Waals surface area contributed by atoms with Gasteiger partial charge in [0.05, 0.1) is 16.6 Å². The molecule has 1 heterocycles. The van der Waals surface area contributed by atoms with Gasteiger partial charge in [0.2, 0.25) is 0 Å². The average Bonchev–Trinajstić information content (AvgIpc) is 2.74. The maximum Gasteiger partial charge on any atom is 0.399 e. The first-order chi connectivity index (χ1) is 15.5. The van der Waals surface area contributed by atoms with E-state index in [0.29, 0.717) is 10.7 Å². The van der Waals surface area contributed by atoms with E-state index >= 15 is 0 Å². The molecular weight excluding hydrogens is 486 g/mol. The van der Waals surface area contributed by atoms with Crippen LogP contribution in [0.4, 0.5) is 27.6 Å². The fourth-order valence-corrected chi connectivity index (χ4v) is 3.34. The number of nitrogens with zero attached hydrogens (tertiary/aromatic N) is 1. The van der Waals surface area contributed by atoms with Gasteiger partial charge < -0.3 is 0 Å². The Hall–Kier alpha value is -2.68. The van der Waals surface area contributed by atoms with Crippen LogP contribution in [0.1, 0.15) is 28.2 Å². The number of benzene rings is 2. The number of nitrogens with one attached hydrogen (secondary N) is 1. The molecule has 3 nitrogen and oxygen atoms in total. The summed E-state index contributed by atoms with van der Waals surface area (Å²) in [4.78, 5) is 9.11. The summed E-state index contributed by atoms with van der Waals surface area (Å²) >= 11 is 11.4. The van der Waals surface area contributed by atoms with E-state index < -0.39 is 28.8 Å². The molecule has 2 aromatic carbocycles. The van der Waals surface area contributed by atoms with E-state index in [9.17, 15) is 22.0 Å². The zero-order chi connectivity index (χ0) is 24.2. The molecule has 0 saturated carbocycles. The predicted molar refractivity (Wildman–Crippen MR) is 118 cm³/mol. The van der Waals surface area contributed by atoms with Crippen molar-refractivity contribution in [3.8, 4) is 0 Å². The summed E-state index contributed by atoms with van der Waals surface area (Å²) in [5.41, 5.74) is 3.12. The summed E-state index contributed by atoms with van der Waals surface area (Å²) in [5, 5.41) is -0.0738. The monoisotopic (exact) mass is 502 g/mol. The van der Waals surface area contributed by atoms with Crippen molar-refractivity contribution in [3.05, 3.63) is 98.8 Å². The lowest BCUT2D eigenvalue weighted by molar-refractivity contribution is -0.139. The van der Waals surface area contributed by atoms with E-state index in [-0.39, 0.29) is 29.0 Å². The van der Waals surface area contributed by atoms with Gasteiger partial charge in [-0.15, -0.1) is 0 Å². The number of hydrogen-bond acceptors (Lipinski definition) is 3. The number of anilines is 1. The van der Waals surface area contributed by atoms with E-state index in [1.807, 2.05) is 0 Å². The largest absolute Gasteiger partial charge is 0.399 e. The van der Waals surface area contributed by atoms with E-state index in [0.717, 1.165) is 30.4 Å². The van der Waals surface area contributed by atoms with Crippen molar-refractivity contribution in [2.75, 3.05) is 5.48 Å². The third-order valence-corrected chi connectivity index (χ3v) is 5.13. The summed E-state index contributed by atoms with van der Waals surface area (Å²) in [6, 6.07) is 9.11. The van der Waals surface area contributed by atoms with Gasteiger partial charge in [0, 0.05) is 6.20 Å². The fraction of sp³-hybridized carbons (Fsp3) is 0.174. The van der Waals surface area contributed by atoms with Crippen LogP contribution in [-0.4, -0.2) is 11.2 Å². The molecule has 1 aromatic heterocycles. The Bertz CT molecular complexity index is 1130. The van der Waals surface area contributed by atoms with Crippen molar-refractivity contribution < 1.29 is 26.8 Å². The third-order valence-electron chi connectivity index (χ3n) is 4.63. The summed E-state index contributed by atoms with van der Waals surface area (Å²) in [6.07, 6.45) is -1.15. The van der Waals surface area contributed by atoms with Crippen LogP contribution in [0, 0.1) is 18.6 Å². The molecule has 1 unspecified atom stereocenters. The molecule has 0 amide bonds. The lowest BCUT2D eigenvalue weighted by Crippen LogP contribution is -2.19. The van der Waals surface area contributed by atoms with Crippen molar-refractivity contribution >= 4 is 35.0 Å². The summed E-state index contributed by atoms with van der Waals surface area (Å²) in [7, 11) is 0. The number of aryl methyl sites for hydroxylation is 1. The van der Waals surface area contributed by atoms with Crippen molar-refractivity contribution in [3.63, 3.8) is 0 Å². The number of halogens is 7. The third kappa shape index (κ3) is 6.66. The van der Waals surface area contributed by atoms with Crippen LogP contribution in [0.25, 0.3) is 6.08 Å². The summed E-state index contributed by atoms with van der Waals surface area (Å²) < 4.78 is 68.9. The van der Waals surface area contributed by atoms with Gasteiger partial charge in [0.15, 0.2) is 0 Å². The van der Waals surface area contributed by atoms with Gasteiger partial charge in [0.25, 0.3) is 0 Å². The van der Waals surface area contributed by atoms with Crippen LogP contribution in [-0.2, 0) is 11.4 Å². The minimum atomic E-state index is -4.66. The van der Waals surface area contributed by atoms with Crippen LogP contribution < -0.4 is 5.48 Å². The molecule has 174 valence electrons. The highest BCUT2D eigenvalue weighted by Gasteiger charge is 2.39. The number of allylic oxidation sites excluding steroid dienone is 1. The molecule has 0 aliphatic carbocycles. The molecule has 0 fully saturated rings. The lowest BCUT2D eigenvalue weighted by atomic mass is 9.95. The molecule has 1 N–H and O–H groups in total. The molecule has 33 heavy (non-hydrogen) atoms. The topological polar surface area (TPSA) is 34.1 Å². The smallest absolute Gasteiger partial charge is 0.271 e. The molecule has 0 aliphatic rings. The van der Waals surface area contributed by atoms with Gasteiger partial charge in [-0.25, -0.2) is 13.8 Å². The Morgan fingerprint density at radius 1 is 1.09 bits per heavy atom. The zero-order valence-corrected chi connectivity index (χ0v) is 18.6. The molecule has 1 atom stereocenters. The molecule has 3 rings (SSSR count). The maximum absolute atomic E-state index is 14.4. The highest BCUT2D eigenvalue weighted by atomic mass is 35.5. The first-order valence-corrected chi connectivity index (χ1v) is 10.3. The van der Waals surface area contributed by atoms with Gasteiger partial charge in [-0.2, -0.15) is 13.2 Å². The SMILES string of the molecule is Cc1cc(C(/C=C/c2ccc(NOCc3ccc(Cl)nc3)c(F)c2)C(F)(F)F)cc(Cl)c1F. The van der Waals surface area contributed by atoms with E-state index in [2.05, 4.69) is 10.5 Å². The van der Waals surface area contributed by atoms with Gasteiger partial charge >= 0.3 is 6.18 Å². The predicted octanol–water partition coefficient (Wildman–Crippen LogP) is 7.88. The van der Waals surface area contributed by atoms with Crippen molar-refractivity contribution in [2.24, 2.45) is 0 Å². The van der Waals surface area contributed by atoms with Crippen molar-refractivity contribution in [1.29, 1.82) is 0 Å². The number of aromatic nitrogens is 1. The molecule has 0 saturated heterocycles. The number of rotatable bonds is 7. The Morgan fingerprint density at radius 2 is 1.85 bits per heavy atom. The van der Waals surface area contributed by atoms with Crippen molar-refractivity contribution in [1.82, 2.24) is 4.98 Å². The molecule has 10 heteroatoms. The number of pyridine rings is 1. The Labute approximate surface area is 196 Å². The van der Waals surface area contributed by atoms with Crippen LogP contribution in [0.15, 0.2) is 54.7 Å². The van der Waals surface area contributed by atoms with E-state index in [1.54, 1.807) is 12.1 Å². The first-order valence-electron chi connectivity index (χ1n) is 9.53. The Morgan fingerprint density at radius 3 is 2.45 bits per heavy atom. The second-order valence-corrected chi connectivity index (χ2v) is 7.93. The highest BCUT2D eigenvalue weighted by Crippen LogP contribution is 2.38. The molecule has 3 aromatic rings. The standard InChI is InChI=1S/C23H17Cl2F5N2O/c1-13-8-16(10-18(24)22(13)27)17(23(28,29)30)5-2-14-3-6-20(19(26)9-14)32-33-12-15-4-7-21(25)31-11-15/h2-11,17,32H,12H2,1H3/b5-2+. The molecule has 0 aliphatic heterocycles. The van der Waals surface area contributed by atoms with Gasteiger partial charge in [-0.05, 0) is 53.4 Å². The second kappa shape index (κ2) is 10.5. The number of hydrogen-bond donors (Lipinski definition) is 1. The summed E-state index contributed by atoms with van der Waals surface area (Å²) in [6.45, 7) is 1.41. The lowest BCUT2D eigenvalue weighted by Gasteiger charge is -2.18. The fourth-order valence-electron chi connectivity index (χ4n) is 2.96. The maximum atomic E-state index is 14.4. The number of alkyl halides is 3. The van der Waals surface area contributed by atoms with Gasteiger partial charge in [0.1, 0.15) is 23.4 Å². The van der Waals surface area contributed by atoms with Gasteiger partial charge in [-0.1, -0.05) is 53.6 Å². The van der Waals surface area contributed by atoms with Crippen LogP contribution in [0.5, 0.6) is 0 Å². The normalized spacial score (nSPS) is 12.8. The molecular formula is C23H17Cl2F5N2O. The minimum absolute atomic E-state index is 0.00221. The highest BCUT2D eigenvalue weighted by molar-refractivity contribution is 6.30. The van der Waals surface area contributed by atoms with Crippen LogP contribution >= 0.6 is 23.2 Å². The first kappa shape index (κ1) is 25.0. The van der Waals surface area contributed by atoms with Crippen LogP contribution in [0.2, 0.25) is 10.2 Å². The molecule has 0 spiro atoms. The Kier molecular flexibility index (Phi) is 7.94. The summed E-state index contributed by atoms with van der Waals surface area (Å²) in [5.74, 6) is -3.55. The second-order valence-electron chi connectivity index (χ2n) is 7.13. The van der Waals surface area contributed by atoms with E-state index in [4.69, 9.17) is 28.0 Å². The Balaban J connectivity index is 1.72. The van der Waals surface area contributed by atoms with E-state index in [1.165, 1.54) is 25.3 Å². The zero-order valence-electron chi connectivity index (χ0n) is 17.1. The molecule has 0 radical (unpaired) electrons. The van der Waals surface area contributed by atoms with Crippen molar-refractivity contribution in [2.45, 2.75) is 25.6 Å². The van der Waals surface area contributed by atoms with Gasteiger partial charge in [-0.3, -0.25) is 10.3 Å². The van der Waals surface area contributed by atoms with Crippen LogP contribution in [0.3, 0.4) is 0 Å². The minimum Gasteiger partial charge on any atom is -0.271 e. The quantitative estimate of drug-likeness (QED) is 0.202. The average molecular weight is 503 g/mol.